The van der Waals surface area contributed by atoms with Gasteiger partial charge in [0.2, 0.25) is 0 Å². The zero-order chi connectivity index (χ0) is 15.0. The van der Waals surface area contributed by atoms with E-state index in [1.165, 1.54) is 6.07 Å². The summed E-state index contributed by atoms with van der Waals surface area (Å²) >= 11 is 0. The van der Waals surface area contributed by atoms with Gasteiger partial charge in [0.1, 0.15) is 11.5 Å². The fourth-order valence-electron chi connectivity index (χ4n) is 2.64. The van der Waals surface area contributed by atoms with E-state index in [2.05, 4.69) is 5.10 Å². The lowest BCUT2D eigenvalue weighted by molar-refractivity contribution is 0.406. The van der Waals surface area contributed by atoms with E-state index in [9.17, 15) is 4.39 Å². The minimum absolute atomic E-state index is 0.251. The highest BCUT2D eigenvalue weighted by Crippen LogP contribution is 2.32. The zero-order valence-electron chi connectivity index (χ0n) is 11.9. The van der Waals surface area contributed by atoms with Crippen LogP contribution >= 0.6 is 0 Å². The van der Waals surface area contributed by atoms with E-state index in [0.29, 0.717) is 11.1 Å². The Morgan fingerprint density at radius 2 is 1.90 bits per heavy atom. The number of fused-ring (bicyclic) bond motifs is 1. The van der Waals surface area contributed by atoms with Crippen LogP contribution in [0.3, 0.4) is 0 Å². The molecule has 0 spiro atoms. The van der Waals surface area contributed by atoms with Crippen LogP contribution in [0.2, 0.25) is 0 Å². The van der Waals surface area contributed by atoms with E-state index in [1.54, 1.807) is 30.1 Å². The Balaban J connectivity index is 2.21. The first kappa shape index (κ1) is 13.6. The predicted octanol–water partition coefficient (Wildman–Crippen LogP) is 2.77. The summed E-state index contributed by atoms with van der Waals surface area (Å²) in [6, 6.07) is 10.0. The monoisotopic (exact) mass is 285 g/mol. The van der Waals surface area contributed by atoms with Crippen molar-refractivity contribution in [2.75, 3.05) is 7.11 Å². The summed E-state index contributed by atoms with van der Waals surface area (Å²) in [6.45, 7) is 0. The molecule has 0 amide bonds. The van der Waals surface area contributed by atoms with Gasteiger partial charge in [-0.05, 0) is 17.0 Å². The Labute approximate surface area is 121 Å². The summed E-state index contributed by atoms with van der Waals surface area (Å²) in [4.78, 5) is 0. The minimum atomic E-state index is -0.446. The molecule has 0 saturated carbocycles. The first-order valence-electron chi connectivity index (χ1n) is 6.62. The number of aromatic nitrogens is 2. The molecule has 1 heterocycles. The summed E-state index contributed by atoms with van der Waals surface area (Å²) in [5.41, 5.74) is 7.99. The molecule has 21 heavy (non-hydrogen) atoms. The maximum atomic E-state index is 13.9. The summed E-state index contributed by atoms with van der Waals surface area (Å²) in [7, 11) is 3.39. The molecule has 3 aromatic rings. The van der Waals surface area contributed by atoms with Crippen LogP contribution in [0, 0.1) is 5.82 Å². The van der Waals surface area contributed by atoms with Crippen molar-refractivity contribution in [1.82, 2.24) is 9.78 Å². The second kappa shape index (κ2) is 5.18. The summed E-state index contributed by atoms with van der Waals surface area (Å²) < 4.78 is 20.9. The summed E-state index contributed by atoms with van der Waals surface area (Å²) in [5.74, 6) is 0.372. The number of aryl methyl sites for hydroxylation is 1. The van der Waals surface area contributed by atoms with Crippen molar-refractivity contribution >= 4 is 10.8 Å². The molecule has 0 radical (unpaired) electrons. The quantitative estimate of drug-likeness (QED) is 0.805. The molecule has 1 unspecified atom stereocenters. The molecule has 0 fully saturated rings. The maximum Gasteiger partial charge on any atom is 0.161 e. The highest BCUT2D eigenvalue weighted by Gasteiger charge is 2.21. The van der Waals surface area contributed by atoms with Gasteiger partial charge in [0, 0.05) is 12.4 Å². The van der Waals surface area contributed by atoms with Gasteiger partial charge in [-0.25, -0.2) is 4.39 Å². The number of hydrogen-bond donors (Lipinski definition) is 1. The van der Waals surface area contributed by atoms with Crippen molar-refractivity contribution in [2.24, 2.45) is 12.8 Å². The van der Waals surface area contributed by atoms with E-state index < -0.39 is 6.04 Å². The van der Waals surface area contributed by atoms with Gasteiger partial charge in [0.05, 0.1) is 19.3 Å². The number of nitrogens with two attached hydrogens (primary N) is 1. The van der Waals surface area contributed by atoms with Crippen molar-refractivity contribution in [1.29, 1.82) is 0 Å². The molecule has 2 aromatic carbocycles. The maximum absolute atomic E-state index is 13.9. The second-order valence-electron chi connectivity index (χ2n) is 4.88. The topological polar surface area (TPSA) is 53.1 Å². The van der Waals surface area contributed by atoms with Crippen LogP contribution in [0.15, 0.2) is 42.6 Å². The average Bonchev–Trinajstić information content (AvgIpc) is 2.88. The number of ether oxygens (including phenoxy) is 1. The van der Waals surface area contributed by atoms with Crippen molar-refractivity contribution in [3.05, 3.63) is 59.7 Å². The Morgan fingerprint density at radius 3 is 2.62 bits per heavy atom. The van der Waals surface area contributed by atoms with Crippen molar-refractivity contribution < 1.29 is 9.13 Å². The fraction of sp³-hybridized carbons (Fsp3) is 0.188. The Bertz CT molecular complexity index is 797. The first-order chi connectivity index (χ1) is 10.1. The van der Waals surface area contributed by atoms with Gasteiger partial charge >= 0.3 is 0 Å². The lowest BCUT2D eigenvalue weighted by Crippen LogP contribution is -2.17. The second-order valence-corrected chi connectivity index (χ2v) is 4.88. The van der Waals surface area contributed by atoms with E-state index in [-0.39, 0.29) is 5.82 Å². The van der Waals surface area contributed by atoms with Crippen molar-refractivity contribution in [3.8, 4) is 5.75 Å². The first-order valence-corrected chi connectivity index (χ1v) is 6.62. The van der Waals surface area contributed by atoms with E-state index in [1.807, 2.05) is 25.2 Å². The Hall–Kier alpha value is -2.40. The molecule has 0 saturated heterocycles. The molecule has 3 rings (SSSR count). The smallest absolute Gasteiger partial charge is 0.161 e. The molecule has 4 nitrogen and oxygen atoms in total. The third-order valence-electron chi connectivity index (χ3n) is 3.70. The number of hydrogen-bond acceptors (Lipinski definition) is 3. The molecular formula is C16H16FN3O. The van der Waals surface area contributed by atoms with Crippen LogP contribution in [0.25, 0.3) is 10.8 Å². The molecule has 0 aliphatic heterocycles. The van der Waals surface area contributed by atoms with Crippen LogP contribution in [-0.2, 0) is 7.05 Å². The predicted molar refractivity (Wildman–Crippen MR) is 79.7 cm³/mol. The summed E-state index contributed by atoms with van der Waals surface area (Å²) in [5, 5.41) is 5.53. The Kier molecular flexibility index (Phi) is 3.35. The lowest BCUT2D eigenvalue weighted by Gasteiger charge is -2.17. The number of nitrogens with zero attached hydrogens (tertiary/aromatic N) is 2. The van der Waals surface area contributed by atoms with Crippen molar-refractivity contribution in [2.45, 2.75) is 6.04 Å². The fourth-order valence-corrected chi connectivity index (χ4v) is 2.64. The largest absolute Gasteiger partial charge is 0.493 e. The van der Waals surface area contributed by atoms with Crippen LogP contribution in [0.1, 0.15) is 17.3 Å². The van der Waals surface area contributed by atoms with Gasteiger partial charge in [-0.3, -0.25) is 4.68 Å². The number of methoxy groups -OCH3 is 1. The van der Waals surface area contributed by atoms with Gasteiger partial charge < -0.3 is 10.5 Å². The molecule has 5 heteroatoms. The third kappa shape index (κ3) is 2.15. The number of benzene rings is 2. The molecule has 1 atom stereocenters. The average molecular weight is 285 g/mol. The normalized spacial score (nSPS) is 12.6. The van der Waals surface area contributed by atoms with Gasteiger partial charge in [-0.2, -0.15) is 5.10 Å². The summed E-state index contributed by atoms with van der Waals surface area (Å²) in [6.07, 6.45) is 1.63. The van der Waals surface area contributed by atoms with Crippen molar-refractivity contribution in [3.63, 3.8) is 0 Å². The van der Waals surface area contributed by atoms with Gasteiger partial charge in [-0.15, -0.1) is 0 Å². The van der Waals surface area contributed by atoms with Crippen LogP contribution in [0.4, 0.5) is 4.39 Å². The van der Waals surface area contributed by atoms with Crippen LogP contribution in [-0.4, -0.2) is 16.9 Å². The zero-order valence-corrected chi connectivity index (χ0v) is 11.9. The van der Waals surface area contributed by atoms with E-state index >= 15 is 0 Å². The third-order valence-corrected chi connectivity index (χ3v) is 3.70. The highest BCUT2D eigenvalue weighted by atomic mass is 19.1. The van der Waals surface area contributed by atoms with Gasteiger partial charge in [0.25, 0.3) is 0 Å². The minimum Gasteiger partial charge on any atom is -0.493 e. The van der Waals surface area contributed by atoms with Gasteiger partial charge in [0.15, 0.2) is 5.75 Å². The Morgan fingerprint density at radius 1 is 1.19 bits per heavy atom. The molecule has 0 aliphatic carbocycles. The molecule has 108 valence electrons. The van der Waals surface area contributed by atoms with E-state index in [4.69, 9.17) is 10.5 Å². The molecular weight excluding hydrogens is 269 g/mol. The molecule has 2 N–H and O–H groups in total. The van der Waals surface area contributed by atoms with Gasteiger partial charge in [-0.1, -0.05) is 30.3 Å². The number of rotatable bonds is 3. The van der Waals surface area contributed by atoms with Crippen LogP contribution in [0.5, 0.6) is 5.75 Å². The molecule has 0 bridgehead atoms. The SMILES string of the molecule is COc1cnn(C)c1C(N)c1ccc(F)c2ccccc12. The van der Waals surface area contributed by atoms with Crippen LogP contribution < -0.4 is 10.5 Å². The highest BCUT2D eigenvalue weighted by molar-refractivity contribution is 5.87. The van der Waals surface area contributed by atoms with E-state index in [0.717, 1.165) is 16.6 Å². The lowest BCUT2D eigenvalue weighted by atomic mass is 9.96. The number of halogens is 1. The molecule has 1 aromatic heterocycles. The molecule has 0 aliphatic rings. The standard InChI is InChI=1S/C16H16FN3O/c1-20-16(14(21-2)9-19-20)15(18)12-7-8-13(17)11-6-4-3-5-10(11)12/h3-9,15H,18H2,1-2H3.